The Hall–Kier alpha value is -1.24. The molecule has 1 aromatic heterocycles. The molecular formula is C16H25N3O3. The van der Waals surface area contributed by atoms with Crippen LogP contribution in [-0.4, -0.2) is 62.5 Å². The highest BCUT2D eigenvalue weighted by Crippen LogP contribution is 2.33. The van der Waals surface area contributed by atoms with Crippen LogP contribution in [0.5, 0.6) is 5.88 Å². The van der Waals surface area contributed by atoms with Gasteiger partial charge in [-0.25, -0.2) is 4.98 Å². The molecule has 122 valence electrons. The van der Waals surface area contributed by atoms with Crippen molar-refractivity contribution >= 4 is 0 Å². The van der Waals surface area contributed by atoms with Crippen LogP contribution < -0.4 is 4.74 Å². The van der Waals surface area contributed by atoms with Gasteiger partial charge < -0.3 is 19.8 Å². The summed E-state index contributed by atoms with van der Waals surface area (Å²) in [7, 11) is 0. The van der Waals surface area contributed by atoms with E-state index in [1.165, 1.54) is 0 Å². The molecule has 0 amide bonds. The number of nitrogens with zero attached hydrogens (tertiary/aromatic N) is 3. The Bertz CT molecular complexity index is 457. The summed E-state index contributed by atoms with van der Waals surface area (Å²) in [6.07, 6.45) is 9.68. The molecule has 1 aliphatic carbocycles. The molecule has 6 nitrogen and oxygen atoms in total. The van der Waals surface area contributed by atoms with Crippen LogP contribution in [0.2, 0.25) is 0 Å². The Morgan fingerprint density at radius 2 is 2.00 bits per heavy atom. The minimum Gasteiger partial charge on any atom is -0.473 e. The van der Waals surface area contributed by atoms with Crippen molar-refractivity contribution in [1.82, 2.24) is 14.9 Å². The molecule has 2 fully saturated rings. The maximum absolute atomic E-state index is 10.4. The largest absolute Gasteiger partial charge is 0.473 e. The van der Waals surface area contributed by atoms with Gasteiger partial charge in [-0.3, -0.25) is 4.98 Å². The molecule has 1 saturated carbocycles. The van der Waals surface area contributed by atoms with Crippen molar-refractivity contribution in [3.05, 3.63) is 18.6 Å². The summed E-state index contributed by atoms with van der Waals surface area (Å²) in [5.74, 6) is 0.571. The van der Waals surface area contributed by atoms with Gasteiger partial charge in [0.2, 0.25) is 5.88 Å². The van der Waals surface area contributed by atoms with E-state index in [0.717, 1.165) is 51.6 Å². The maximum atomic E-state index is 10.4. The number of likely N-dealkylation sites (tertiary alicyclic amines) is 1. The second-order valence-corrected chi connectivity index (χ2v) is 6.49. The number of hydrogen-bond donors (Lipinski definition) is 2. The summed E-state index contributed by atoms with van der Waals surface area (Å²) in [6.45, 7) is 2.30. The zero-order valence-corrected chi connectivity index (χ0v) is 12.9. The van der Waals surface area contributed by atoms with Gasteiger partial charge in [0, 0.05) is 32.0 Å². The molecule has 1 unspecified atom stereocenters. The van der Waals surface area contributed by atoms with Crippen LogP contribution in [0.15, 0.2) is 18.6 Å². The Balaban J connectivity index is 1.44. The SMILES string of the molecule is OC(CN1CCC(Oc2cnccn2)CC1)C1(O)CCCC1. The van der Waals surface area contributed by atoms with Crippen LogP contribution in [0.1, 0.15) is 38.5 Å². The van der Waals surface area contributed by atoms with Gasteiger partial charge in [-0.1, -0.05) is 12.8 Å². The molecule has 0 aromatic carbocycles. The van der Waals surface area contributed by atoms with Crippen LogP contribution in [-0.2, 0) is 0 Å². The van der Waals surface area contributed by atoms with Crippen LogP contribution in [0.25, 0.3) is 0 Å². The third-order valence-corrected chi connectivity index (χ3v) is 4.88. The number of aromatic nitrogens is 2. The monoisotopic (exact) mass is 307 g/mol. The predicted octanol–water partition coefficient (Wildman–Crippen LogP) is 0.986. The first-order valence-corrected chi connectivity index (χ1v) is 8.21. The smallest absolute Gasteiger partial charge is 0.232 e. The molecule has 6 heteroatoms. The Labute approximate surface area is 131 Å². The van der Waals surface area contributed by atoms with Gasteiger partial charge in [0.15, 0.2) is 0 Å². The van der Waals surface area contributed by atoms with E-state index in [1.807, 2.05) is 0 Å². The van der Waals surface area contributed by atoms with Crippen LogP contribution in [0, 0.1) is 0 Å². The van der Waals surface area contributed by atoms with Gasteiger partial charge in [0.25, 0.3) is 0 Å². The Kier molecular flexibility index (Phi) is 4.90. The average molecular weight is 307 g/mol. The minimum atomic E-state index is -0.868. The Morgan fingerprint density at radius 3 is 2.64 bits per heavy atom. The number of hydrogen-bond acceptors (Lipinski definition) is 6. The summed E-state index contributed by atoms with van der Waals surface area (Å²) in [4.78, 5) is 10.3. The predicted molar refractivity (Wildman–Crippen MR) is 81.5 cm³/mol. The highest BCUT2D eigenvalue weighted by atomic mass is 16.5. The summed E-state index contributed by atoms with van der Waals surface area (Å²) in [6, 6.07) is 0. The molecule has 1 aromatic rings. The summed E-state index contributed by atoms with van der Waals surface area (Å²) >= 11 is 0. The van der Waals surface area contributed by atoms with Crippen LogP contribution in [0.4, 0.5) is 0 Å². The highest BCUT2D eigenvalue weighted by molar-refractivity contribution is 5.02. The van der Waals surface area contributed by atoms with Gasteiger partial charge in [-0.15, -0.1) is 0 Å². The highest BCUT2D eigenvalue weighted by Gasteiger charge is 2.39. The first kappa shape index (κ1) is 15.6. The third-order valence-electron chi connectivity index (χ3n) is 4.88. The zero-order chi connectivity index (χ0) is 15.4. The van der Waals surface area contributed by atoms with Crippen molar-refractivity contribution in [3.8, 4) is 5.88 Å². The molecule has 0 radical (unpaired) electrons. The maximum Gasteiger partial charge on any atom is 0.232 e. The lowest BCUT2D eigenvalue weighted by atomic mass is 9.94. The number of piperidine rings is 1. The summed E-state index contributed by atoms with van der Waals surface area (Å²) < 4.78 is 5.82. The molecule has 22 heavy (non-hydrogen) atoms. The minimum absolute atomic E-state index is 0.152. The van der Waals surface area contributed by atoms with Crippen LogP contribution in [0.3, 0.4) is 0 Å². The van der Waals surface area contributed by atoms with Gasteiger partial charge in [-0.2, -0.15) is 0 Å². The fourth-order valence-electron chi connectivity index (χ4n) is 3.46. The molecule has 1 atom stereocenters. The molecule has 1 saturated heterocycles. The van der Waals surface area contributed by atoms with Crippen molar-refractivity contribution in [1.29, 1.82) is 0 Å². The topological polar surface area (TPSA) is 78.7 Å². The third kappa shape index (κ3) is 3.74. The van der Waals surface area contributed by atoms with Crippen LogP contribution >= 0.6 is 0 Å². The van der Waals surface area contributed by atoms with E-state index in [-0.39, 0.29) is 6.10 Å². The number of β-amino-alcohol motifs (C(OH)–C–C–N with tert-alkyl or cyclic N) is 1. The van der Waals surface area contributed by atoms with E-state index in [4.69, 9.17) is 4.74 Å². The molecule has 2 heterocycles. The fraction of sp³-hybridized carbons (Fsp3) is 0.750. The quantitative estimate of drug-likeness (QED) is 0.844. The molecule has 0 spiro atoms. The molecule has 2 aliphatic rings. The molecule has 3 rings (SSSR count). The summed E-state index contributed by atoms with van der Waals surface area (Å²) in [5.41, 5.74) is -0.868. The first-order chi connectivity index (χ1) is 10.7. The second-order valence-electron chi connectivity index (χ2n) is 6.49. The zero-order valence-electron chi connectivity index (χ0n) is 12.9. The van der Waals surface area contributed by atoms with Crippen molar-refractivity contribution in [2.75, 3.05) is 19.6 Å². The lowest BCUT2D eigenvalue weighted by Gasteiger charge is -2.36. The standard InChI is InChI=1S/C16H25N3O3/c20-14(16(21)5-1-2-6-16)12-19-9-3-13(4-10-19)22-15-11-17-7-8-18-15/h7-8,11,13-14,20-21H,1-6,9-10,12H2. The Morgan fingerprint density at radius 1 is 1.27 bits per heavy atom. The number of aliphatic hydroxyl groups is 2. The molecule has 2 N–H and O–H groups in total. The van der Waals surface area contributed by atoms with Gasteiger partial charge in [0.05, 0.1) is 17.9 Å². The van der Waals surface area contributed by atoms with E-state index < -0.39 is 11.7 Å². The summed E-state index contributed by atoms with van der Waals surface area (Å²) in [5, 5.41) is 20.7. The number of aliphatic hydroxyl groups excluding tert-OH is 1. The lowest BCUT2D eigenvalue weighted by Crippen LogP contribution is -2.49. The van der Waals surface area contributed by atoms with E-state index in [9.17, 15) is 10.2 Å². The lowest BCUT2D eigenvalue weighted by molar-refractivity contribution is -0.0850. The van der Waals surface area contributed by atoms with Gasteiger partial charge in [0.1, 0.15) is 6.10 Å². The normalized spacial score (nSPS) is 24.3. The fourth-order valence-corrected chi connectivity index (χ4v) is 3.46. The molecular weight excluding hydrogens is 282 g/mol. The van der Waals surface area contributed by atoms with Crippen molar-refractivity contribution in [2.24, 2.45) is 0 Å². The second kappa shape index (κ2) is 6.89. The van der Waals surface area contributed by atoms with Crippen molar-refractivity contribution in [2.45, 2.75) is 56.3 Å². The van der Waals surface area contributed by atoms with E-state index in [2.05, 4.69) is 14.9 Å². The first-order valence-electron chi connectivity index (χ1n) is 8.21. The molecule has 0 bridgehead atoms. The van der Waals surface area contributed by atoms with E-state index >= 15 is 0 Å². The van der Waals surface area contributed by atoms with Crippen molar-refractivity contribution in [3.63, 3.8) is 0 Å². The van der Waals surface area contributed by atoms with Gasteiger partial charge in [-0.05, 0) is 25.7 Å². The number of rotatable bonds is 5. The number of ether oxygens (including phenoxy) is 1. The average Bonchev–Trinajstić information content (AvgIpc) is 2.98. The molecule has 1 aliphatic heterocycles. The van der Waals surface area contributed by atoms with Gasteiger partial charge >= 0.3 is 0 Å². The van der Waals surface area contributed by atoms with Crippen molar-refractivity contribution < 1.29 is 14.9 Å². The van der Waals surface area contributed by atoms with E-state index in [0.29, 0.717) is 12.4 Å². The van der Waals surface area contributed by atoms with E-state index in [1.54, 1.807) is 18.6 Å².